The number of aliphatic hydroxyl groups excluding tert-OH is 1. The zero-order valence-corrected chi connectivity index (χ0v) is 15.5. The van der Waals surface area contributed by atoms with Crippen molar-refractivity contribution in [3.8, 4) is 11.5 Å². The normalized spacial score (nSPS) is 12.0. The van der Waals surface area contributed by atoms with E-state index in [2.05, 4.69) is 0 Å². The summed E-state index contributed by atoms with van der Waals surface area (Å²) >= 11 is 0. The first-order valence-corrected chi connectivity index (χ1v) is 8.71. The zero-order valence-electron chi connectivity index (χ0n) is 15.5. The summed E-state index contributed by atoms with van der Waals surface area (Å²) in [5.41, 5.74) is 3.34. The van der Waals surface area contributed by atoms with Crippen LogP contribution in [-0.2, 0) is 0 Å². The smallest absolute Gasteiger partial charge is 0.196 e. The lowest BCUT2D eigenvalue weighted by atomic mass is 9.91. The maximum atomic E-state index is 12.9. The van der Waals surface area contributed by atoms with Crippen molar-refractivity contribution < 1.29 is 20.1 Å². The minimum absolute atomic E-state index is 0.0533. The molecule has 4 heteroatoms. The summed E-state index contributed by atoms with van der Waals surface area (Å²) in [6, 6.07) is 15.7. The van der Waals surface area contributed by atoms with E-state index in [0.29, 0.717) is 11.1 Å². The van der Waals surface area contributed by atoms with Crippen LogP contribution in [0.15, 0.2) is 54.6 Å². The number of hydrogen-bond donors (Lipinski definition) is 3. The topological polar surface area (TPSA) is 77.8 Å². The largest absolute Gasteiger partial charge is 0.507 e. The lowest BCUT2D eigenvalue weighted by molar-refractivity contribution is 0.103. The molecule has 0 saturated heterocycles. The minimum atomic E-state index is -1.12. The second kappa shape index (κ2) is 7.25. The van der Waals surface area contributed by atoms with Crippen LogP contribution in [0.25, 0.3) is 0 Å². The van der Waals surface area contributed by atoms with E-state index in [1.54, 1.807) is 24.3 Å². The van der Waals surface area contributed by atoms with Gasteiger partial charge in [-0.25, -0.2) is 0 Å². The lowest BCUT2D eigenvalue weighted by Gasteiger charge is -2.18. The molecule has 0 radical (unpaired) electrons. The third-order valence-electron chi connectivity index (χ3n) is 4.72. The Morgan fingerprint density at radius 1 is 0.852 bits per heavy atom. The lowest BCUT2D eigenvalue weighted by Crippen LogP contribution is -2.07. The molecule has 0 fully saturated rings. The van der Waals surface area contributed by atoms with E-state index in [0.717, 1.165) is 11.1 Å². The Morgan fingerprint density at radius 3 is 2.11 bits per heavy atom. The maximum absolute atomic E-state index is 12.9. The summed E-state index contributed by atoms with van der Waals surface area (Å²) in [5.74, 6) is -0.863. The number of ketones is 1. The quantitative estimate of drug-likeness (QED) is 0.604. The molecule has 138 valence electrons. The Morgan fingerprint density at radius 2 is 1.48 bits per heavy atom. The summed E-state index contributed by atoms with van der Waals surface area (Å²) in [5, 5.41) is 31.7. The summed E-state index contributed by atoms with van der Waals surface area (Å²) in [6.45, 7) is 5.31. The van der Waals surface area contributed by atoms with Gasteiger partial charge in [0.15, 0.2) is 5.78 Å². The van der Waals surface area contributed by atoms with Gasteiger partial charge in [-0.3, -0.25) is 4.79 Å². The molecule has 0 heterocycles. The molecule has 0 aliphatic heterocycles. The van der Waals surface area contributed by atoms with Crippen LogP contribution >= 0.6 is 0 Å². The van der Waals surface area contributed by atoms with Crippen LogP contribution in [0.3, 0.4) is 0 Å². The van der Waals surface area contributed by atoms with Crippen LogP contribution in [0, 0.1) is 20.8 Å². The highest BCUT2D eigenvalue weighted by molar-refractivity contribution is 6.11. The molecule has 1 atom stereocenters. The minimum Gasteiger partial charge on any atom is -0.507 e. The molecule has 3 N–H and O–H groups in total. The molecule has 3 aromatic carbocycles. The molecular formula is C23H22O4. The Labute approximate surface area is 158 Å². The molecule has 0 spiro atoms. The Hall–Kier alpha value is -3.11. The number of benzene rings is 3. The average Bonchev–Trinajstić information content (AvgIpc) is 2.65. The molecule has 0 saturated carbocycles. The molecule has 4 nitrogen and oxygen atoms in total. The van der Waals surface area contributed by atoms with Gasteiger partial charge in [0.2, 0.25) is 0 Å². The van der Waals surface area contributed by atoms with E-state index >= 15 is 0 Å². The third-order valence-corrected chi connectivity index (χ3v) is 4.72. The van der Waals surface area contributed by atoms with E-state index in [-0.39, 0.29) is 34.0 Å². The molecule has 0 aliphatic carbocycles. The molecule has 0 amide bonds. The Balaban J connectivity index is 2.13. The number of carbonyl (C=O) groups excluding carboxylic acids is 1. The Bertz CT molecular complexity index is 1020. The first kappa shape index (κ1) is 18.7. The van der Waals surface area contributed by atoms with Crippen LogP contribution in [0.5, 0.6) is 11.5 Å². The van der Waals surface area contributed by atoms with E-state index in [9.17, 15) is 20.1 Å². The molecule has 1 unspecified atom stereocenters. The predicted octanol–water partition coefficient (Wildman–Crippen LogP) is 4.34. The standard InChI is InChI=1S/C23H22O4/c1-13-6-4-8-16(10-13)22(26)18-12-19(21(25)15(3)20(18)24)23(27)17-9-5-7-14(2)11-17/h4-12,22,24-26H,1-3H3. The number of carbonyl (C=O) groups is 1. The van der Waals surface area contributed by atoms with Crippen molar-refractivity contribution in [1.29, 1.82) is 0 Å². The molecular weight excluding hydrogens is 340 g/mol. The van der Waals surface area contributed by atoms with Crippen LogP contribution in [0.4, 0.5) is 0 Å². The van der Waals surface area contributed by atoms with Gasteiger partial charge in [-0.1, -0.05) is 53.6 Å². The third kappa shape index (κ3) is 3.57. The van der Waals surface area contributed by atoms with Gasteiger partial charge < -0.3 is 15.3 Å². The van der Waals surface area contributed by atoms with Gasteiger partial charge in [0.25, 0.3) is 0 Å². The maximum Gasteiger partial charge on any atom is 0.196 e. The van der Waals surface area contributed by atoms with Crippen molar-refractivity contribution in [2.75, 3.05) is 0 Å². The number of phenolic OH excluding ortho intramolecular Hbond substituents is 2. The SMILES string of the molecule is Cc1cccc(C(=O)c2cc(C(O)c3cccc(C)c3)c(O)c(C)c2O)c1. The van der Waals surface area contributed by atoms with Crippen molar-refractivity contribution in [3.05, 3.63) is 93.5 Å². The van der Waals surface area contributed by atoms with Gasteiger partial charge in [-0.15, -0.1) is 0 Å². The number of aryl methyl sites for hydroxylation is 2. The Kier molecular flexibility index (Phi) is 5.02. The van der Waals surface area contributed by atoms with Gasteiger partial charge >= 0.3 is 0 Å². The zero-order chi connectivity index (χ0) is 19.7. The number of hydrogen-bond acceptors (Lipinski definition) is 4. The first-order valence-electron chi connectivity index (χ1n) is 8.71. The van der Waals surface area contributed by atoms with Crippen molar-refractivity contribution in [1.82, 2.24) is 0 Å². The predicted molar refractivity (Wildman–Crippen MR) is 104 cm³/mol. The van der Waals surface area contributed by atoms with Crippen LogP contribution in [-0.4, -0.2) is 21.1 Å². The van der Waals surface area contributed by atoms with Crippen molar-refractivity contribution in [2.24, 2.45) is 0 Å². The second-order valence-corrected chi connectivity index (χ2v) is 6.85. The van der Waals surface area contributed by atoms with Crippen LogP contribution in [0.1, 0.15) is 49.8 Å². The monoisotopic (exact) mass is 362 g/mol. The summed E-state index contributed by atoms with van der Waals surface area (Å²) < 4.78 is 0. The van der Waals surface area contributed by atoms with Crippen LogP contribution < -0.4 is 0 Å². The van der Waals surface area contributed by atoms with E-state index in [4.69, 9.17) is 0 Å². The molecule has 0 aromatic heterocycles. The highest BCUT2D eigenvalue weighted by Crippen LogP contribution is 2.39. The second-order valence-electron chi connectivity index (χ2n) is 6.85. The van der Waals surface area contributed by atoms with Crippen molar-refractivity contribution in [2.45, 2.75) is 26.9 Å². The fourth-order valence-electron chi connectivity index (χ4n) is 3.17. The van der Waals surface area contributed by atoms with E-state index in [1.165, 1.54) is 13.0 Å². The molecule has 3 aromatic rings. The molecule has 0 aliphatic rings. The summed E-state index contributed by atoms with van der Waals surface area (Å²) in [7, 11) is 0. The number of aromatic hydroxyl groups is 2. The van der Waals surface area contributed by atoms with Gasteiger partial charge in [-0.05, 0) is 38.5 Å². The highest BCUT2D eigenvalue weighted by atomic mass is 16.3. The first-order chi connectivity index (χ1) is 12.8. The van der Waals surface area contributed by atoms with E-state index in [1.807, 2.05) is 38.1 Å². The number of aliphatic hydroxyl groups is 1. The van der Waals surface area contributed by atoms with Crippen molar-refractivity contribution >= 4 is 5.78 Å². The van der Waals surface area contributed by atoms with Crippen molar-refractivity contribution in [3.63, 3.8) is 0 Å². The number of rotatable bonds is 4. The van der Waals surface area contributed by atoms with Gasteiger partial charge in [0, 0.05) is 16.7 Å². The fraction of sp³-hybridized carbons (Fsp3) is 0.174. The fourth-order valence-corrected chi connectivity index (χ4v) is 3.17. The highest BCUT2D eigenvalue weighted by Gasteiger charge is 2.24. The van der Waals surface area contributed by atoms with E-state index < -0.39 is 6.10 Å². The average molecular weight is 362 g/mol. The molecule has 0 bridgehead atoms. The number of phenols is 2. The molecule has 27 heavy (non-hydrogen) atoms. The van der Waals surface area contributed by atoms with Crippen LogP contribution in [0.2, 0.25) is 0 Å². The molecule has 3 rings (SSSR count). The van der Waals surface area contributed by atoms with Gasteiger partial charge in [0.1, 0.15) is 17.6 Å². The summed E-state index contributed by atoms with van der Waals surface area (Å²) in [4.78, 5) is 12.9. The van der Waals surface area contributed by atoms with Gasteiger partial charge in [-0.2, -0.15) is 0 Å². The van der Waals surface area contributed by atoms with Gasteiger partial charge in [0.05, 0.1) is 5.56 Å². The summed E-state index contributed by atoms with van der Waals surface area (Å²) in [6.07, 6.45) is -1.12.